The van der Waals surface area contributed by atoms with E-state index in [1.54, 1.807) is 32.4 Å². The first-order chi connectivity index (χ1) is 8.56. The van der Waals surface area contributed by atoms with E-state index in [2.05, 4.69) is 10.6 Å². The SMILES string of the molecule is COC(CNC(=S)Nc1ccc(Cl)c(Cl)c1)OC. The molecule has 0 heterocycles. The largest absolute Gasteiger partial charge is 0.357 e. The molecule has 0 bridgehead atoms. The molecule has 0 aliphatic rings. The zero-order valence-electron chi connectivity index (χ0n) is 10.00. The fourth-order valence-corrected chi connectivity index (χ4v) is 1.69. The average molecular weight is 309 g/mol. The first-order valence-corrected chi connectivity index (χ1v) is 6.28. The van der Waals surface area contributed by atoms with Gasteiger partial charge in [0.15, 0.2) is 11.4 Å². The maximum Gasteiger partial charge on any atom is 0.174 e. The molecule has 0 aliphatic heterocycles. The van der Waals surface area contributed by atoms with Gasteiger partial charge < -0.3 is 20.1 Å². The van der Waals surface area contributed by atoms with Crippen LogP contribution in [-0.4, -0.2) is 32.2 Å². The third-order valence-electron chi connectivity index (χ3n) is 2.13. The summed E-state index contributed by atoms with van der Waals surface area (Å²) in [6, 6.07) is 5.18. The van der Waals surface area contributed by atoms with Gasteiger partial charge in [0.25, 0.3) is 0 Å². The molecule has 7 heteroatoms. The average Bonchev–Trinajstić information content (AvgIpc) is 2.35. The van der Waals surface area contributed by atoms with Gasteiger partial charge in [-0.1, -0.05) is 23.2 Å². The molecule has 0 amide bonds. The molecule has 0 unspecified atom stereocenters. The zero-order chi connectivity index (χ0) is 13.5. The Hall–Kier alpha value is -0.590. The van der Waals surface area contributed by atoms with Gasteiger partial charge in [0.05, 0.1) is 16.6 Å². The summed E-state index contributed by atoms with van der Waals surface area (Å²) in [5.74, 6) is 0. The Morgan fingerprint density at radius 1 is 1.28 bits per heavy atom. The molecular weight excluding hydrogens is 295 g/mol. The van der Waals surface area contributed by atoms with Gasteiger partial charge in [-0.05, 0) is 30.4 Å². The van der Waals surface area contributed by atoms with Gasteiger partial charge in [0, 0.05) is 19.9 Å². The molecule has 0 fully saturated rings. The van der Waals surface area contributed by atoms with Gasteiger partial charge in [-0.2, -0.15) is 0 Å². The second kappa shape index (κ2) is 7.76. The van der Waals surface area contributed by atoms with Crippen LogP contribution in [0.5, 0.6) is 0 Å². The lowest BCUT2D eigenvalue weighted by molar-refractivity contribution is -0.0964. The second-order valence-corrected chi connectivity index (χ2v) is 4.59. The Bertz CT molecular complexity index is 414. The van der Waals surface area contributed by atoms with Gasteiger partial charge in [-0.3, -0.25) is 0 Å². The number of halogens is 2. The molecule has 4 nitrogen and oxygen atoms in total. The topological polar surface area (TPSA) is 42.5 Å². The summed E-state index contributed by atoms with van der Waals surface area (Å²) < 4.78 is 10.0. The van der Waals surface area contributed by atoms with E-state index in [1.807, 2.05) is 0 Å². The highest BCUT2D eigenvalue weighted by molar-refractivity contribution is 7.80. The molecule has 1 aromatic carbocycles. The van der Waals surface area contributed by atoms with E-state index < -0.39 is 0 Å². The number of hydrogen-bond donors (Lipinski definition) is 2. The van der Waals surface area contributed by atoms with Crippen molar-refractivity contribution in [2.75, 3.05) is 26.1 Å². The lowest BCUT2D eigenvalue weighted by atomic mass is 10.3. The Morgan fingerprint density at radius 3 is 2.50 bits per heavy atom. The van der Waals surface area contributed by atoms with E-state index in [0.29, 0.717) is 21.7 Å². The Kier molecular flexibility index (Phi) is 6.67. The Labute approximate surface area is 122 Å². The van der Waals surface area contributed by atoms with Crippen LogP contribution in [-0.2, 0) is 9.47 Å². The summed E-state index contributed by atoms with van der Waals surface area (Å²) in [6.45, 7) is 0.445. The maximum atomic E-state index is 5.89. The van der Waals surface area contributed by atoms with Crippen LogP contribution in [0.2, 0.25) is 10.0 Å². The molecule has 18 heavy (non-hydrogen) atoms. The van der Waals surface area contributed by atoms with Crippen molar-refractivity contribution in [3.63, 3.8) is 0 Å². The number of ether oxygens (including phenoxy) is 2. The van der Waals surface area contributed by atoms with Crippen molar-refractivity contribution in [3.8, 4) is 0 Å². The number of hydrogen-bond acceptors (Lipinski definition) is 3. The number of methoxy groups -OCH3 is 2. The highest BCUT2D eigenvalue weighted by Gasteiger charge is 2.06. The number of nitrogens with one attached hydrogen (secondary N) is 2. The first-order valence-electron chi connectivity index (χ1n) is 5.12. The van der Waals surface area contributed by atoms with Crippen molar-refractivity contribution in [3.05, 3.63) is 28.2 Å². The molecule has 0 saturated heterocycles. The lowest BCUT2D eigenvalue weighted by Gasteiger charge is -2.16. The van der Waals surface area contributed by atoms with Crippen molar-refractivity contribution in [2.24, 2.45) is 0 Å². The summed E-state index contributed by atoms with van der Waals surface area (Å²) in [5.41, 5.74) is 0.758. The van der Waals surface area contributed by atoms with Gasteiger partial charge >= 0.3 is 0 Å². The van der Waals surface area contributed by atoms with Crippen LogP contribution in [0, 0.1) is 0 Å². The maximum absolute atomic E-state index is 5.89. The molecule has 0 radical (unpaired) electrons. The molecule has 0 aliphatic carbocycles. The van der Waals surface area contributed by atoms with Crippen molar-refractivity contribution in [2.45, 2.75) is 6.29 Å². The van der Waals surface area contributed by atoms with Crippen LogP contribution in [0.1, 0.15) is 0 Å². The number of benzene rings is 1. The Morgan fingerprint density at radius 2 is 1.94 bits per heavy atom. The van der Waals surface area contributed by atoms with Gasteiger partial charge in [-0.15, -0.1) is 0 Å². The monoisotopic (exact) mass is 308 g/mol. The smallest absolute Gasteiger partial charge is 0.174 e. The normalized spacial score (nSPS) is 10.5. The standard InChI is InChI=1S/C11H14Cl2N2O2S/c1-16-10(17-2)6-14-11(18)15-7-3-4-8(12)9(13)5-7/h3-5,10H,6H2,1-2H3,(H2,14,15,18). The fourth-order valence-electron chi connectivity index (χ4n) is 1.19. The second-order valence-electron chi connectivity index (χ2n) is 3.36. The van der Waals surface area contributed by atoms with Crippen LogP contribution in [0.25, 0.3) is 0 Å². The summed E-state index contributed by atoms with van der Waals surface area (Å²) in [7, 11) is 3.12. The van der Waals surface area contributed by atoms with E-state index in [9.17, 15) is 0 Å². The summed E-state index contributed by atoms with van der Waals surface area (Å²) >= 11 is 16.8. The molecule has 1 aromatic rings. The number of anilines is 1. The third-order valence-corrected chi connectivity index (χ3v) is 3.12. The lowest BCUT2D eigenvalue weighted by Crippen LogP contribution is -2.36. The van der Waals surface area contributed by atoms with Crippen molar-refractivity contribution in [1.82, 2.24) is 5.32 Å². The molecule has 0 saturated carbocycles. The third kappa shape index (κ3) is 4.96. The molecule has 2 N–H and O–H groups in total. The van der Waals surface area contributed by atoms with Crippen molar-refractivity contribution < 1.29 is 9.47 Å². The van der Waals surface area contributed by atoms with Crippen LogP contribution in [0.15, 0.2) is 18.2 Å². The molecule has 0 spiro atoms. The van der Waals surface area contributed by atoms with E-state index in [4.69, 9.17) is 44.9 Å². The van der Waals surface area contributed by atoms with Crippen LogP contribution in [0.4, 0.5) is 5.69 Å². The molecule has 100 valence electrons. The van der Waals surface area contributed by atoms with Gasteiger partial charge in [0.1, 0.15) is 0 Å². The first kappa shape index (κ1) is 15.5. The quantitative estimate of drug-likeness (QED) is 0.647. The Balaban J connectivity index is 2.46. The highest BCUT2D eigenvalue weighted by atomic mass is 35.5. The summed E-state index contributed by atoms with van der Waals surface area (Å²) in [4.78, 5) is 0. The van der Waals surface area contributed by atoms with Crippen molar-refractivity contribution >= 4 is 46.2 Å². The number of thiocarbonyl (C=S) groups is 1. The predicted molar refractivity (Wildman–Crippen MR) is 78.5 cm³/mol. The fraction of sp³-hybridized carbons (Fsp3) is 0.364. The van der Waals surface area contributed by atoms with Gasteiger partial charge in [-0.25, -0.2) is 0 Å². The van der Waals surface area contributed by atoms with Gasteiger partial charge in [0.2, 0.25) is 0 Å². The minimum atomic E-state index is -0.349. The summed E-state index contributed by atoms with van der Waals surface area (Å²) in [5, 5.41) is 7.36. The molecule has 0 aromatic heterocycles. The van der Waals surface area contributed by atoms with E-state index in [-0.39, 0.29) is 6.29 Å². The predicted octanol–water partition coefficient (Wildman–Crippen LogP) is 2.90. The number of rotatable bonds is 5. The van der Waals surface area contributed by atoms with E-state index >= 15 is 0 Å². The van der Waals surface area contributed by atoms with Crippen molar-refractivity contribution in [1.29, 1.82) is 0 Å². The highest BCUT2D eigenvalue weighted by Crippen LogP contribution is 2.24. The molecule has 0 atom stereocenters. The minimum Gasteiger partial charge on any atom is -0.357 e. The van der Waals surface area contributed by atoms with E-state index in [0.717, 1.165) is 5.69 Å². The minimum absolute atomic E-state index is 0.349. The summed E-state index contributed by atoms with van der Waals surface area (Å²) in [6.07, 6.45) is -0.349. The van der Waals surface area contributed by atoms with E-state index in [1.165, 1.54) is 0 Å². The zero-order valence-corrected chi connectivity index (χ0v) is 12.3. The van der Waals surface area contributed by atoms with Crippen LogP contribution < -0.4 is 10.6 Å². The van der Waals surface area contributed by atoms with Crippen LogP contribution in [0.3, 0.4) is 0 Å². The molecule has 1 rings (SSSR count). The molecular formula is C11H14Cl2N2O2S. The van der Waals surface area contributed by atoms with Crippen LogP contribution >= 0.6 is 35.4 Å².